The minimum absolute atomic E-state index is 0.286. The molecule has 0 aromatic heterocycles. The molecule has 18 heavy (non-hydrogen) atoms. The number of hydrogen-bond acceptors (Lipinski definition) is 1. The van der Waals surface area contributed by atoms with Gasteiger partial charge < -0.3 is 0 Å². The SMILES string of the molecule is CCCCC(CC)C(CCC)(CCCC)C([O])=O. The predicted molar refractivity (Wildman–Crippen MR) is 75.9 cm³/mol. The molecule has 2 unspecified atom stereocenters. The van der Waals surface area contributed by atoms with Crippen molar-refractivity contribution in [2.75, 3.05) is 0 Å². The van der Waals surface area contributed by atoms with E-state index in [9.17, 15) is 9.90 Å². The van der Waals surface area contributed by atoms with Crippen LogP contribution >= 0.6 is 0 Å². The summed E-state index contributed by atoms with van der Waals surface area (Å²) in [6, 6.07) is 0. The van der Waals surface area contributed by atoms with Gasteiger partial charge in [0.15, 0.2) is 0 Å². The average Bonchev–Trinajstić information content (AvgIpc) is 2.36. The quantitative estimate of drug-likeness (QED) is 0.504. The van der Waals surface area contributed by atoms with Gasteiger partial charge in [-0.1, -0.05) is 66.2 Å². The van der Waals surface area contributed by atoms with Crippen molar-refractivity contribution in [3.8, 4) is 0 Å². The topological polar surface area (TPSA) is 37.0 Å². The molecule has 2 heteroatoms. The smallest absolute Gasteiger partial charge is 0.247 e. The molecule has 0 amide bonds. The first-order chi connectivity index (χ1) is 8.58. The molecule has 0 heterocycles. The average molecular weight is 255 g/mol. The van der Waals surface area contributed by atoms with Crippen LogP contribution in [0.2, 0.25) is 0 Å². The monoisotopic (exact) mass is 255 g/mol. The second-order valence-corrected chi connectivity index (χ2v) is 5.54. The predicted octanol–water partition coefficient (Wildman–Crippen LogP) is 5.14. The molecule has 0 rings (SSSR count). The van der Waals surface area contributed by atoms with Gasteiger partial charge in [0.2, 0.25) is 0 Å². The summed E-state index contributed by atoms with van der Waals surface area (Å²) >= 11 is 0. The van der Waals surface area contributed by atoms with E-state index in [1.807, 2.05) is 0 Å². The summed E-state index contributed by atoms with van der Waals surface area (Å²) in [7, 11) is 0. The van der Waals surface area contributed by atoms with Crippen molar-refractivity contribution in [2.45, 2.75) is 85.5 Å². The summed E-state index contributed by atoms with van der Waals surface area (Å²) in [5.74, 6) is -0.519. The van der Waals surface area contributed by atoms with Gasteiger partial charge in [0, 0.05) is 0 Å². The van der Waals surface area contributed by atoms with Crippen LogP contribution in [0.3, 0.4) is 0 Å². The minimum Gasteiger partial charge on any atom is -0.247 e. The summed E-state index contributed by atoms with van der Waals surface area (Å²) in [5, 5.41) is 11.8. The van der Waals surface area contributed by atoms with Gasteiger partial charge in [-0.25, -0.2) is 9.90 Å². The molecular formula is C16H31O2. The summed E-state index contributed by atoms with van der Waals surface area (Å²) in [6.45, 7) is 8.49. The van der Waals surface area contributed by atoms with Crippen LogP contribution in [0.5, 0.6) is 0 Å². The summed E-state index contributed by atoms with van der Waals surface area (Å²) in [5.41, 5.74) is -0.575. The molecule has 0 spiro atoms. The van der Waals surface area contributed by atoms with E-state index in [1.54, 1.807) is 0 Å². The number of unbranched alkanes of at least 4 members (excludes halogenated alkanes) is 2. The Balaban J connectivity index is 5.01. The third-order valence-corrected chi connectivity index (χ3v) is 4.26. The molecular weight excluding hydrogens is 224 g/mol. The minimum atomic E-state index is -0.805. The maximum absolute atomic E-state index is 11.8. The van der Waals surface area contributed by atoms with Gasteiger partial charge in [-0.3, -0.25) is 0 Å². The molecule has 0 saturated heterocycles. The second kappa shape index (κ2) is 9.41. The fourth-order valence-corrected chi connectivity index (χ4v) is 3.16. The van der Waals surface area contributed by atoms with E-state index < -0.39 is 11.4 Å². The van der Waals surface area contributed by atoms with Crippen LogP contribution in [0.1, 0.15) is 85.5 Å². The maximum Gasteiger partial charge on any atom is 0.361 e. The highest BCUT2D eigenvalue weighted by Crippen LogP contribution is 2.43. The number of hydrogen-bond donors (Lipinski definition) is 0. The molecule has 0 aliphatic carbocycles. The first kappa shape index (κ1) is 17.5. The number of carbonyl (C=O) groups is 1. The van der Waals surface area contributed by atoms with E-state index in [4.69, 9.17) is 0 Å². The van der Waals surface area contributed by atoms with E-state index in [0.717, 1.165) is 57.8 Å². The Labute approximate surface area is 113 Å². The van der Waals surface area contributed by atoms with Crippen LogP contribution in [0.15, 0.2) is 0 Å². The Kier molecular flexibility index (Phi) is 9.13. The van der Waals surface area contributed by atoms with Crippen molar-refractivity contribution in [3.05, 3.63) is 0 Å². The van der Waals surface area contributed by atoms with Crippen LogP contribution in [-0.4, -0.2) is 5.97 Å². The van der Waals surface area contributed by atoms with Gasteiger partial charge in [-0.05, 0) is 25.2 Å². The Hall–Kier alpha value is -0.530. The fraction of sp³-hybridized carbons (Fsp3) is 0.938. The Morgan fingerprint density at radius 1 is 0.944 bits per heavy atom. The highest BCUT2D eigenvalue weighted by atomic mass is 16.4. The molecule has 0 aromatic rings. The highest BCUT2D eigenvalue weighted by Gasteiger charge is 2.44. The van der Waals surface area contributed by atoms with Gasteiger partial charge in [0.05, 0.1) is 5.41 Å². The van der Waals surface area contributed by atoms with Crippen LogP contribution < -0.4 is 0 Å². The fourth-order valence-electron chi connectivity index (χ4n) is 3.16. The highest BCUT2D eigenvalue weighted by molar-refractivity contribution is 5.74. The third-order valence-electron chi connectivity index (χ3n) is 4.26. The lowest BCUT2D eigenvalue weighted by atomic mass is 9.66. The van der Waals surface area contributed by atoms with Crippen molar-refractivity contribution in [2.24, 2.45) is 11.3 Å². The van der Waals surface area contributed by atoms with Crippen molar-refractivity contribution in [3.63, 3.8) is 0 Å². The zero-order chi connectivity index (χ0) is 14.0. The van der Waals surface area contributed by atoms with Crippen LogP contribution in [0, 0.1) is 11.3 Å². The van der Waals surface area contributed by atoms with Gasteiger partial charge in [-0.15, -0.1) is 0 Å². The molecule has 2 nitrogen and oxygen atoms in total. The maximum atomic E-state index is 11.8. The Morgan fingerprint density at radius 3 is 1.94 bits per heavy atom. The first-order valence-electron chi connectivity index (χ1n) is 7.80. The van der Waals surface area contributed by atoms with Crippen LogP contribution in [0.25, 0.3) is 0 Å². The zero-order valence-corrected chi connectivity index (χ0v) is 12.8. The molecule has 1 radical (unpaired) electrons. The lowest BCUT2D eigenvalue weighted by Crippen LogP contribution is -2.38. The molecule has 107 valence electrons. The van der Waals surface area contributed by atoms with Crippen molar-refractivity contribution >= 4 is 5.97 Å². The van der Waals surface area contributed by atoms with Gasteiger partial charge in [0.1, 0.15) is 0 Å². The third kappa shape index (κ3) is 4.62. The van der Waals surface area contributed by atoms with E-state index in [0.29, 0.717) is 0 Å². The van der Waals surface area contributed by atoms with E-state index >= 15 is 0 Å². The van der Waals surface area contributed by atoms with Gasteiger partial charge in [0.25, 0.3) is 0 Å². The molecule has 0 saturated carbocycles. The molecule has 2 atom stereocenters. The van der Waals surface area contributed by atoms with Crippen LogP contribution in [-0.2, 0) is 9.90 Å². The largest absolute Gasteiger partial charge is 0.361 e. The molecule has 0 aliphatic rings. The Morgan fingerprint density at radius 2 is 1.56 bits per heavy atom. The van der Waals surface area contributed by atoms with Gasteiger partial charge in [-0.2, -0.15) is 0 Å². The zero-order valence-electron chi connectivity index (χ0n) is 12.8. The molecule has 0 N–H and O–H groups in total. The van der Waals surface area contributed by atoms with Crippen molar-refractivity contribution in [1.29, 1.82) is 0 Å². The Bertz CT molecular complexity index is 225. The first-order valence-corrected chi connectivity index (χ1v) is 7.80. The van der Waals surface area contributed by atoms with Crippen molar-refractivity contribution < 1.29 is 9.90 Å². The number of rotatable bonds is 11. The summed E-state index contributed by atoms with van der Waals surface area (Å²) < 4.78 is 0. The second-order valence-electron chi connectivity index (χ2n) is 5.54. The molecule has 0 aliphatic heterocycles. The summed E-state index contributed by atoms with van der Waals surface area (Å²) in [4.78, 5) is 11.8. The van der Waals surface area contributed by atoms with E-state index in [-0.39, 0.29) is 5.92 Å². The molecule has 0 fully saturated rings. The van der Waals surface area contributed by atoms with Crippen molar-refractivity contribution in [1.82, 2.24) is 0 Å². The lowest BCUT2D eigenvalue weighted by molar-refractivity contribution is -0.161. The molecule has 0 bridgehead atoms. The van der Waals surface area contributed by atoms with E-state index in [2.05, 4.69) is 27.7 Å². The van der Waals surface area contributed by atoms with E-state index in [1.165, 1.54) is 0 Å². The normalized spacial score (nSPS) is 16.2. The van der Waals surface area contributed by atoms with Crippen LogP contribution in [0.4, 0.5) is 0 Å². The lowest BCUT2D eigenvalue weighted by Gasteiger charge is -2.36. The standard InChI is InChI=1S/C16H31O2/c1-5-9-11-14(8-4)16(12-7-3,15(17)18)13-10-6-2/h14H,5-13H2,1-4H3. The molecule has 0 aromatic carbocycles. The number of carbonyl (C=O) groups excluding carboxylic acids is 1. The summed E-state index contributed by atoms with van der Waals surface area (Å²) in [6.07, 6.45) is 8.81. The van der Waals surface area contributed by atoms with Gasteiger partial charge >= 0.3 is 5.97 Å².